The lowest BCUT2D eigenvalue weighted by Gasteiger charge is -2.15. The fourth-order valence-corrected chi connectivity index (χ4v) is 5.91. The third-order valence-electron chi connectivity index (χ3n) is 5.74. The van der Waals surface area contributed by atoms with Crippen molar-refractivity contribution in [2.45, 2.75) is 6.61 Å². The molecule has 1 aliphatic rings. The maximum absolute atomic E-state index is 13.6. The highest BCUT2D eigenvalue weighted by molar-refractivity contribution is 9.10. The van der Waals surface area contributed by atoms with Gasteiger partial charge in [0.25, 0.3) is 5.91 Å². The molecule has 1 fully saturated rings. The molecule has 39 heavy (non-hydrogen) atoms. The van der Waals surface area contributed by atoms with Crippen LogP contribution in [0.25, 0.3) is 6.08 Å². The minimum atomic E-state index is -0.159. The SMILES string of the molecule is COc1cc(/C=C2\SC(=Nc3ccccc3)N(c3ccccc3)C2=O)cc(Br)c1OCc1ccc(Cl)cc1Cl. The Morgan fingerprint density at radius 2 is 1.69 bits per heavy atom. The molecule has 1 heterocycles. The molecule has 0 aromatic heterocycles. The van der Waals surface area contributed by atoms with Crippen LogP contribution in [0.3, 0.4) is 0 Å². The number of amidine groups is 1. The Labute approximate surface area is 249 Å². The van der Waals surface area contributed by atoms with Gasteiger partial charge in [-0.3, -0.25) is 9.69 Å². The summed E-state index contributed by atoms with van der Waals surface area (Å²) in [6, 6.07) is 28.0. The fraction of sp³-hybridized carbons (Fsp3) is 0.0667. The maximum Gasteiger partial charge on any atom is 0.271 e. The van der Waals surface area contributed by atoms with Crippen molar-refractivity contribution in [2.24, 2.45) is 4.99 Å². The highest BCUT2D eigenvalue weighted by atomic mass is 79.9. The molecule has 4 aromatic rings. The van der Waals surface area contributed by atoms with E-state index in [9.17, 15) is 4.79 Å². The van der Waals surface area contributed by atoms with Crippen molar-refractivity contribution in [3.63, 3.8) is 0 Å². The highest BCUT2D eigenvalue weighted by Gasteiger charge is 2.34. The first kappa shape index (κ1) is 27.3. The number of thioether (sulfide) groups is 1. The summed E-state index contributed by atoms with van der Waals surface area (Å²) in [5.41, 5.74) is 3.07. The lowest BCUT2D eigenvalue weighted by atomic mass is 10.1. The smallest absolute Gasteiger partial charge is 0.271 e. The molecule has 0 spiro atoms. The second-order valence-electron chi connectivity index (χ2n) is 8.38. The van der Waals surface area contributed by atoms with Gasteiger partial charge in [0.05, 0.1) is 27.9 Å². The van der Waals surface area contributed by atoms with E-state index in [4.69, 9.17) is 37.7 Å². The Kier molecular flexibility index (Phi) is 8.63. The predicted molar refractivity (Wildman–Crippen MR) is 165 cm³/mol. The van der Waals surface area contributed by atoms with Crippen LogP contribution in [0.5, 0.6) is 11.5 Å². The van der Waals surface area contributed by atoms with E-state index in [1.807, 2.05) is 84.9 Å². The second kappa shape index (κ2) is 12.3. The van der Waals surface area contributed by atoms with Gasteiger partial charge in [-0.25, -0.2) is 4.99 Å². The summed E-state index contributed by atoms with van der Waals surface area (Å²) in [5.74, 6) is 0.872. The van der Waals surface area contributed by atoms with Crippen molar-refractivity contribution in [3.8, 4) is 11.5 Å². The van der Waals surface area contributed by atoms with Gasteiger partial charge >= 0.3 is 0 Å². The first-order chi connectivity index (χ1) is 18.9. The minimum Gasteiger partial charge on any atom is -0.493 e. The minimum absolute atomic E-state index is 0.159. The number of para-hydroxylation sites is 2. The van der Waals surface area contributed by atoms with E-state index in [-0.39, 0.29) is 12.5 Å². The van der Waals surface area contributed by atoms with Crippen LogP contribution in [0.1, 0.15) is 11.1 Å². The lowest BCUT2D eigenvalue weighted by Crippen LogP contribution is -2.28. The largest absolute Gasteiger partial charge is 0.493 e. The van der Waals surface area contributed by atoms with E-state index in [1.165, 1.54) is 11.8 Å². The summed E-state index contributed by atoms with van der Waals surface area (Å²) in [4.78, 5) is 20.5. The van der Waals surface area contributed by atoms with Gasteiger partial charge in [-0.05, 0) is 87.9 Å². The number of carbonyl (C=O) groups excluding carboxylic acids is 1. The zero-order valence-electron chi connectivity index (χ0n) is 20.6. The molecule has 0 atom stereocenters. The molecule has 1 aliphatic heterocycles. The van der Waals surface area contributed by atoms with Gasteiger partial charge in [-0.15, -0.1) is 0 Å². The summed E-state index contributed by atoms with van der Waals surface area (Å²) in [7, 11) is 1.57. The number of carbonyl (C=O) groups is 1. The van der Waals surface area contributed by atoms with E-state index in [0.29, 0.717) is 36.1 Å². The van der Waals surface area contributed by atoms with Crippen LogP contribution in [-0.2, 0) is 11.4 Å². The third kappa shape index (κ3) is 6.34. The first-order valence-electron chi connectivity index (χ1n) is 11.8. The van der Waals surface area contributed by atoms with Crippen LogP contribution < -0.4 is 14.4 Å². The summed E-state index contributed by atoms with van der Waals surface area (Å²) in [6.07, 6.45) is 1.82. The first-order valence-corrected chi connectivity index (χ1v) is 14.2. The molecule has 196 valence electrons. The van der Waals surface area contributed by atoms with Crippen molar-refractivity contribution >= 4 is 79.4 Å². The predicted octanol–water partition coefficient (Wildman–Crippen LogP) is 9.15. The van der Waals surface area contributed by atoms with Crippen molar-refractivity contribution in [1.29, 1.82) is 0 Å². The Morgan fingerprint density at radius 3 is 2.38 bits per heavy atom. The number of rotatable bonds is 7. The Hall–Kier alpha value is -3.23. The van der Waals surface area contributed by atoms with Gasteiger partial charge in [-0.2, -0.15) is 0 Å². The summed E-state index contributed by atoms with van der Waals surface area (Å²) in [6.45, 7) is 0.227. The van der Waals surface area contributed by atoms with Crippen molar-refractivity contribution in [3.05, 3.63) is 122 Å². The average molecular weight is 640 g/mol. The maximum atomic E-state index is 13.6. The number of anilines is 1. The van der Waals surface area contributed by atoms with Crippen LogP contribution in [0.15, 0.2) is 105 Å². The number of methoxy groups -OCH3 is 1. The standard InChI is InChI=1S/C30H21BrCl2N2O3S/c1-37-26-15-19(14-24(31)28(26)38-18-20-12-13-21(32)17-25(20)33)16-27-29(36)35(23-10-6-3-7-11-23)30(39-27)34-22-8-4-2-5-9-22/h2-17H,18H2,1H3/b27-16-,34-30?. The third-order valence-corrected chi connectivity index (χ3v) is 7.88. The number of benzene rings is 4. The molecule has 1 saturated heterocycles. The van der Waals surface area contributed by atoms with Gasteiger partial charge in [0.1, 0.15) is 6.61 Å². The molecule has 0 unspecified atom stereocenters. The number of nitrogens with zero attached hydrogens (tertiary/aromatic N) is 2. The number of ether oxygens (including phenoxy) is 2. The molecule has 0 saturated carbocycles. The number of halogens is 3. The van der Waals surface area contributed by atoms with Gasteiger partial charge < -0.3 is 9.47 Å². The van der Waals surface area contributed by atoms with Crippen molar-refractivity contribution in [1.82, 2.24) is 0 Å². The van der Waals surface area contributed by atoms with Gasteiger partial charge in [0.2, 0.25) is 0 Å². The van der Waals surface area contributed by atoms with Crippen LogP contribution in [-0.4, -0.2) is 18.2 Å². The van der Waals surface area contributed by atoms with Crippen LogP contribution in [0.2, 0.25) is 10.0 Å². The molecule has 5 rings (SSSR count). The number of hydrogen-bond donors (Lipinski definition) is 0. The van der Waals surface area contributed by atoms with Gasteiger partial charge in [0.15, 0.2) is 16.7 Å². The fourth-order valence-electron chi connectivity index (χ4n) is 3.87. The molecule has 9 heteroatoms. The Morgan fingerprint density at radius 1 is 0.974 bits per heavy atom. The van der Waals surface area contributed by atoms with E-state index in [1.54, 1.807) is 24.1 Å². The van der Waals surface area contributed by atoms with Crippen LogP contribution >= 0.6 is 50.9 Å². The number of amides is 1. The van der Waals surface area contributed by atoms with Crippen molar-refractivity contribution in [2.75, 3.05) is 12.0 Å². The quantitative estimate of drug-likeness (QED) is 0.189. The molecule has 5 nitrogen and oxygen atoms in total. The monoisotopic (exact) mass is 638 g/mol. The summed E-state index contributed by atoms with van der Waals surface area (Å²) >= 11 is 17.2. The normalized spacial score (nSPS) is 15.3. The van der Waals surface area contributed by atoms with E-state index in [0.717, 1.165) is 22.5 Å². The number of hydrogen-bond acceptors (Lipinski definition) is 5. The Bertz CT molecular complexity index is 1580. The zero-order valence-corrected chi connectivity index (χ0v) is 24.5. The molecular formula is C30H21BrCl2N2O3S. The second-order valence-corrected chi connectivity index (χ2v) is 11.1. The molecule has 0 N–H and O–H groups in total. The number of aliphatic imine (C=N–C) groups is 1. The van der Waals surface area contributed by atoms with E-state index in [2.05, 4.69) is 15.9 Å². The average Bonchev–Trinajstić information content (AvgIpc) is 3.23. The molecule has 0 radical (unpaired) electrons. The lowest BCUT2D eigenvalue weighted by molar-refractivity contribution is -0.113. The van der Waals surface area contributed by atoms with Crippen LogP contribution in [0.4, 0.5) is 11.4 Å². The van der Waals surface area contributed by atoms with Crippen molar-refractivity contribution < 1.29 is 14.3 Å². The topological polar surface area (TPSA) is 51.1 Å². The molecule has 0 aliphatic carbocycles. The van der Waals surface area contributed by atoms with Crippen LogP contribution in [0, 0.1) is 0 Å². The molecule has 0 bridgehead atoms. The summed E-state index contributed by atoms with van der Waals surface area (Å²) in [5, 5.41) is 1.66. The van der Waals surface area contributed by atoms with Gasteiger partial charge in [0, 0.05) is 15.6 Å². The van der Waals surface area contributed by atoms with E-state index < -0.39 is 0 Å². The zero-order chi connectivity index (χ0) is 27.4. The molecule has 4 aromatic carbocycles. The highest BCUT2D eigenvalue weighted by Crippen LogP contribution is 2.41. The Balaban J connectivity index is 1.46. The molecular weight excluding hydrogens is 619 g/mol. The van der Waals surface area contributed by atoms with E-state index >= 15 is 0 Å². The molecule has 1 amide bonds. The summed E-state index contributed by atoms with van der Waals surface area (Å²) < 4.78 is 12.3. The van der Waals surface area contributed by atoms with Gasteiger partial charge in [-0.1, -0.05) is 65.7 Å².